The topological polar surface area (TPSA) is 44.9 Å². The molecule has 0 bridgehead atoms. The maximum atomic E-state index is 11.8. The van der Waals surface area contributed by atoms with E-state index in [2.05, 4.69) is 16.5 Å². The minimum absolute atomic E-state index is 0.0308. The van der Waals surface area contributed by atoms with E-state index in [9.17, 15) is 4.79 Å². The minimum Gasteiger partial charge on any atom is -0.361 e. The van der Waals surface area contributed by atoms with E-state index >= 15 is 0 Å². The fourth-order valence-corrected chi connectivity index (χ4v) is 2.86. The summed E-state index contributed by atoms with van der Waals surface area (Å²) in [6.45, 7) is 4.55. The number of aromatic nitrogens is 1. The molecular weight excluding hydrogens is 272 g/mol. The number of carbonyl (C=O) groups is 1. The number of benzene rings is 1. The zero-order chi connectivity index (χ0) is 14.3. The Kier molecular flexibility index (Phi) is 3.25. The molecule has 20 heavy (non-hydrogen) atoms. The Hall–Kier alpha value is -1.48. The molecule has 4 heteroatoms. The van der Waals surface area contributed by atoms with Gasteiger partial charge in [-0.2, -0.15) is 0 Å². The zero-order valence-electron chi connectivity index (χ0n) is 11.8. The van der Waals surface area contributed by atoms with Crippen molar-refractivity contribution in [2.24, 2.45) is 5.92 Å². The molecule has 0 unspecified atom stereocenters. The second-order valence-electron chi connectivity index (χ2n) is 6.05. The summed E-state index contributed by atoms with van der Waals surface area (Å²) in [5, 5.41) is 4.99. The van der Waals surface area contributed by atoms with Gasteiger partial charge in [-0.25, -0.2) is 0 Å². The van der Waals surface area contributed by atoms with Gasteiger partial charge in [0.25, 0.3) is 0 Å². The van der Waals surface area contributed by atoms with Crippen LogP contribution in [0.2, 0.25) is 5.02 Å². The maximum Gasteiger partial charge on any atom is 0.222 e. The molecule has 1 saturated carbocycles. The van der Waals surface area contributed by atoms with E-state index in [1.54, 1.807) is 0 Å². The van der Waals surface area contributed by atoms with E-state index in [0.29, 0.717) is 6.54 Å². The summed E-state index contributed by atoms with van der Waals surface area (Å²) >= 11 is 6.10. The molecular formula is C16H19ClN2O. The third-order valence-corrected chi connectivity index (χ3v) is 4.43. The van der Waals surface area contributed by atoms with Crippen molar-refractivity contribution in [1.29, 1.82) is 0 Å². The lowest BCUT2D eigenvalue weighted by atomic mass is 9.95. The van der Waals surface area contributed by atoms with Crippen molar-refractivity contribution in [3.63, 3.8) is 0 Å². The zero-order valence-corrected chi connectivity index (χ0v) is 12.6. The number of carbonyl (C=O) groups excluding carboxylic acids is 1. The van der Waals surface area contributed by atoms with Crippen molar-refractivity contribution in [1.82, 2.24) is 10.3 Å². The second kappa shape index (κ2) is 4.81. The van der Waals surface area contributed by atoms with Crippen LogP contribution < -0.4 is 5.32 Å². The van der Waals surface area contributed by atoms with Gasteiger partial charge in [0.1, 0.15) is 0 Å². The number of hydrogen-bond acceptors (Lipinski definition) is 1. The Bertz CT molecular complexity index is 656. The molecule has 1 aromatic heterocycles. The van der Waals surface area contributed by atoms with E-state index < -0.39 is 0 Å². The van der Waals surface area contributed by atoms with Crippen LogP contribution >= 0.6 is 11.6 Å². The largest absolute Gasteiger partial charge is 0.361 e. The summed E-state index contributed by atoms with van der Waals surface area (Å²) < 4.78 is 0. The smallest absolute Gasteiger partial charge is 0.222 e. The van der Waals surface area contributed by atoms with Gasteiger partial charge in [-0.05, 0) is 36.6 Å². The predicted molar refractivity (Wildman–Crippen MR) is 82.1 cm³/mol. The molecule has 0 aliphatic heterocycles. The second-order valence-corrected chi connectivity index (χ2v) is 6.48. The molecule has 3 nitrogen and oxygen atoms in total. The number of amides is 1. The number of H-pyrrole nitrogens is 1. The van der Waals surface area contributed by atoms with Gasteiger partial charge in [-0.1, -0.05) is 25.4 Å². The van der Waals surface area contributed by atoms with Crippen LogP contribution in [0.4, 0.5) is 0 Å². The molecule has 2 N–H and O–H groups in total. The van der Waals surface area contributed by atoms with Crippen molar-refractivity contribution < 1.29 is 4.79 Å². The summed E-state index contributed by atoms with van der Waals surface area (Å²) in [6.07, 6.45) is 4.30. The quantitative estimate of drug-likeness (QED) is 0.887. The number of aromatic amines is 1. The molecule has 1 heterocycles. The van der Waals surface area contributed by atoms with Crippen LogP contribution in [0.3, 0.4) is 0 Å². The number of fused-ring (bicyclic) bond motifs is 1. The number of rotatable bonds is 4. The van der Waals surface area contributed by atoms with Gasteiger partial charge in [-0.15, -0.1) is 0 Å². The highest BCUT2D eigenvalue weighted by molar-refractivity contribution is 6.31. The van der Waals surface area contributed by atoms with Crippen molar-refractivity contribution >= 4 is 28.4 Å². The average molecular weight is 291 g/mol. The predicted octanol–water partition coefficient (Wildman–Crippen LogP) is 3.63. The molecule has 0 radical (unpaired) electrons. The van der Waals surface area contributed by atoms with Gasteiger partial charge >= 0.3 is 0 Å². The Morgan fingerprint density at radius 2 is 2.20 bits per heavy atom. The molecule has 1 amide bonds. The first kappa shape index (κ1) is 13.5. The van der Waals surface area contributed by atoms with Gasteiger partial charge in [0, 0.05) is 40.0 Å². The lowest BCUT2D eigenvalue weighted by Gasteiger charge is -2.17. The Morgan fingerprint density at radius 1 is 1.45 bits per heavy atom. The Balaban J connectivity index is 1.87. The first-order valence-corrected chi connectivity index (χ1v) is 7.44. The first-order valence-electron chi connectivity index (χ1n) is 7.07. The van der Waals surface area contributed by atoms with Gasteiger partial charge in [-0.3, -0.25) is 4.79 Å². The molecule has 0 atom stereocenters. The van der Waals surface area contributed by atoms with E-state index in [1.807, 2.05) is 32.0 Å². The van der Waals surface area contributed by atoms with Gasteiger partial charge in [0.15, 0.2) is 0 Å². The lowest BCUT2D eigenvalue weighted by Crippen LogP contribution is -2.34. The molecule has 2 aromatic rings. The molecule has 106 valence electrons. The highest BCUT2D eigenvalue weighted by Crippen LogP contribution is 2.50. The van der Waals surface area contributed by atoms with Crippen molar-refractivity contribution in [2.75, 3.05) is 6.54 Å². The number of halogens is 1. The maximum absolute atomic E-state index is 11.8. The summed E-state index contributed by atoms with van der Waals surface area (Å²) in [6, 6.07) is 5.90. The van der Waals surface area contributed by atoms with Crippen molar-refractivity contribution in [2.45, 2.75) is 32.1 Å². The molecule has 1 aliphatic carbocycles. The Morgan fingerprint density at radius 3 is 2.85 bits per heavy atom. The van der Waals surface area contributed by atoms with Gasteiger partial charge in [0.05, 0.1) is 0 Å². The van der Waals surface area contributed by atoms with Crippen molar-refractivity contribution in [3.05, 3.63) is 35.0 Å². The fourth-order valence-electron chi connectivity index (χ4n) is 2.68. The van der Waals surface area contributed by atoms with E-state index in [4.69, 9.17) is 11.6 Å². The highest BCUT2D eigenvalue weighted by Gasteiger charge is 2.45. The SMILES string of the molecule is CC(C)C(=O)NCC1(c2c[nH]c3ccc(Cl)cc23)CC1. The molecule has 1 fully saturated rings. The molecule has 0 spiro atoms. The first-order chi connectivity index (χ1) is 9.52. The lowest BCUT2D eigenvalue weighted by molar-refractivity contribution is -0.124. The fraction of sp³-hybridized carbons (Fsp3) is 0.438. The third-order valence-electron chi connectivity index (χ3n) is 4.19. The van der Waals surface area contributed by atoms with Crippen LogP contribution in [0.1, 0.15) is 32.3 Å². The van der Waals surface area contributed by atoms with Crippen LogP contribution in [0, 0.1) is 5.92 Å². The van der Waals surface area contributed by atoms with Crippen LogP contribution in [0.15, 0.2) is 24.4 Å². The normalized spacial score (nSPS) is 16.6. The van der Waals surface area contributed by atoms with E-state index in [1.165, 1.54) is 10.9 Å². The molecule has 1 aromatic carbocycles. The molecule has 1 aliphatic rings. The summed E-state index contributed by atoms with van der Waals surface area (Å²) in [7, 11) is 0. The van der Waals surface area contributed by atoms with Crippen LogP contribution in [0.5, 0.6) is 0 Å². The number of nitrogens with one attached hydrogen (secondary N) is 2. The summed E-state index contributed by atoms with van der Waals surface area (Å²) in [5.41, 5.74) is 2.47. The summed E-state index contributed by atoms with van der Waals surface area (Å²) in [5.74, 6) is 0.150. The standard InChI is InChI=1S/C16H19ClN2O/c1-10(2)15(20)19-9-16(5-6-16)13-8-18-14-4-3-11(17)7-12(13)14/h3-4,7-8,10,18H,5-6,9H2,1-2H3,(H,19,20). The molecule has 0 saturated heterocycles. The average Bonchev–Trinajstić information content (AvgIpc) is 3.08. The monoisotopic (exact) mass is 290 g/mol. The van der Waals surface area contributed by atoms with E-state index in [0.717, 1.165) is 23.4 Å². The molecule has 3 rings (SSSR count). The summed E-state index contributed by atoms with van der Waals surface area (Å²) in [4.78, 5) is 15.1. The van der Waals surface area contributed by atoms with Crippen molar-refractivity contribution in [3.8, 4) is 0 Å². The van der Waals surface area contributed by atoms with Crippen LogP contribution in [-0.2, 0) is 10.2 Å². The number of hydrogen-bond donors (Lipinski definition) is 2. The Labute approximate surface area is 123 Å². The highest BCUT2D eigenvalue weighted by atomic mass is 35.5. The van der Waals surface area contributed by atoms with Crippen LogP contribution in [0.25, 0.3) is 10.9 Å². The van der Waals surface area contributed by atoms with Crippen LogP contribution in [-0.4, -0.2) is 17.4 Å². The van der Waals surface area contributed by atoms with Gasteiger partial charge in [0.2, 0.25) is 5.91 Å². The van der Waals surface area contributed by atoms with E-state index in [-0.39, 0.29) is 17.2 Å². The minimum atomic E-state index is 0.0308. The van der Waals surface area contributed by atoms with Gasteiger partial charge < -0.3 is 10.3 Å². The third kappa shape index (κ3) is 2.31.